The van der Waals surface area contributed by atoms with E-state index >= 15 is 0 Å². The number of amides is 2. The summed E-state index contributed by atoms with van der Waals surface area (Å²) in [5.74, 6) is -1.48. The summed E-state index contributed by atoms with van der Waals surface area (Å²) in [6.07, 6.45) is 4.33. The number of hydrogen-bond donors (Lipinski definition) is 2. The summed E-state index contributed by atoms with van der Waals surface area (Å²) in [7, 11) is 1.52. The van der Waals surface area contributed by atoms with Gasteiger partial charge in [-0.1, -0.05) is 41.6 Å². The first-order chi connectivity index (χ1) is 15.0. The molecule has 3 rings (SSSR count). The molecule has 2 aromatic carbocycles. The van der Waals surface area contributed by atoms with Crippen molar-refractivity contribution in [1.82, 2.24) is 20.3 Å². The molecule has 0 aliphatic carbocycles. The van der Waals surface area contributed by atoms with Crippen molar-refractivity contribution in [2.75, 3.05) is 19.0 Å². The lowest BCUT2D eigenvalue weighted by molar-refractivity contribution is -0.142. The third-order valence-corrected chi connectivity index (χ3v) is 4.12. The van der Waals surface area contributed by atoms with Crippen molar-refractivity contribution in [2.24, 2.45) is 0 Å². The first kappa shape index (κ1) is 21.4. The number of benzene rings is 2. The van der Waals surface area contributed by atoms with E-state index in [1.54, 1.807) is 29.1 Å². The summed E-state index contributed by atoms with van der Waals surface area (Å²) in [5, 5.41) is 13.1. The van der Waals surface area contributed by atoms with Crippen LogP contribution < -0.4 is 10.6 Å². The van der Waals surface area contributed by atoms with Crippen LogP contribution in [0.15, 0.2) is 66.9 Å². The Hall–Kier alpha value is -4.27. The highest BCUT2D eigenvalue weighted by Gasteiger charge is 2.08. The Labute approximate surface area is 178 Å². The lowest BCUT2D eigenvalue weighted by Gasteiger charge is -2.07. The van der Waals surface area contributed by atoms with Gasteiger partial charge in [0.25, 0.3) is 11.8 Å². The molecule has 0 saturated carbocycles. The number of rotatable bonds is 8. The number of carbonyl (C=O) groups is 3. The molecule has 9 nitrogen and oxygen atoms in total. The molecule has 0 spiro atoms. The molecule has 0 aliphatic rings. The van der Waals surface area contributed by atoms with Gasteiger partial charge in [-0.05, 0) is 29.8 Å². The maximum Gasteiger partial charge on any atom is 0.331 e. The topological polar surface area (TPSA) is 115 Å². The number of hydrogen-bond acceptors (Lipinski definition) is 6. The standard InChI is InChI=1S/C22H21N5O4/c1-23-22(30)17-8-5-9-18(12-17)24-20(28)15-31-21(29)11-10-19-14-27(26-25-19)13-16-6-3-2-4-7-16/h2-12,14H,13,15H2,1H3,(H,23,30)(H,24,28)/b11-10+. The first-order valence-corrected chi connectivity index (χ1v) is 9.44. The third kappa shape index (κ3) is 6.64. The molecule has 0 radical (unpaired) electrons. The van der Waals surface area contributed by atoms with E-state index in [1.807, 2.05) is 30.3 Å². The van der Waals surface area contributed by atoms with Crippen LogP contribution in [0.1, 0.15) is 21.6 Å². The van der Waals surface area contributed by atoms with Crippen LogP contribution in [0.3, 0.4) is 0 Å². The normalized spacial score (nSPS) is 10.6. The molecular formula is C22H21N5O4. The zero-order chi connectivity index (χ0) is 22.1. The van der Waals surface area contributed by atoms with Crippen LogP contribution >= 0.6 is 0 Å². The molecule has 0 aliphatic heterocycles. The number of esters is 1. The van der Waals surface area contributed by atoms with E-state index in [-0.39, 0.29) is 5.91 Å². The van der Waals surface area contributed by atoms with E-state index in [2.05, 4.69) is 20.9 Å². The van der Waals surface area contributed by atoms with Gasteiger partial charge < -0.3 is 15.4 Å². The van der Waals surface area contributed by atoms with Crippen molar-refractivity contribution in [2.45, 2.75) is 6.54 Å². The Morgan fingerprint density at radius 1 is 1.10 bits per heavy atom. The van der Waals surface area contributed by atoms with E-state index in [4.69, 9.17) is 4.74 Å². The van der Waals surface area contributed by atoms with Gasteiger partial charge in [0.1, 0.15) is 5.69 Å². The Kier molecular flexibility index (Phi) is 7.26. The quantitative estimate of drug-likeness (QED) is 0.426. The fourth-order valence-electron chi connectivity index (χ4n) is 2.66. The Bertz CT molecular complexity index is 1090. The molecule has 158 valence electrons. The Morgan fingerprint density at radius 2 is 1.90 bits per heavy atom. The lowest BCUT2D eigenvalue weighted by atomic mass is 10.2. The molecule has 3 aromatic rings. The number of nitrogens with one attached hydrogen (secondary N) is 2. The second-order valence-corrected chi connectivity index (χ2v) is 6.48. The smallest absolute Gasteiger partial charge is 0.331 e. The van der Waals surface area contributed by atoms with E-state index in [9.17, 15) is 14.4 Å². The van der Waals surface area contributed by atoms with Gasteiger partial charge in [0.05, 0.1) is 12.7 Å². The van der Waals surface area contributed by atoms with Gasteiger partial charge in [-0.3, -0.25) is 9.59 Å². The summed E-state index contributed by atoms with van der Waals surface area (Å²) in [5.41, 5.74) is 2.39. The Balaban J connectivity index is 1.46. The zero-order valence-corrected chi connectivity index (χ0v) is 16.8. The summed E-state index contributed by atoms with van der Waals surface area (Å²) < 4.78 is 6.58. The molecule has 31 heavy (non-hydrogen) atoms. The maximum atomic E-state index is 12.0. The highest BCUT2D eigenvalue weighted by atomic mass is 16.5. The number of carbonyl (C=O) groups excluding carboxylic acids is 3. The largest absolute Gasteiger partial charge is 0.452 e. The highest BCUT2D eigenvalue weighted by molar-refractivity contribution is 5.98. The average Bonchev–Trinajstić information content (AvgIpc) is 3.24. The highest BCUT2D eigenvalue weighted by Crippen LogP contribution is 2.10. The van der Waals surface area contributed by atoms with Crippen LogP contribution in [0, 0.1) is 0 Å². The van der Waals surface area contributed by atoms with Crippen molar-refractivity contribution in [1.29, 1.82) is 0 Å². The summed E-state index contributed by atoms with van der Waals surface area (Å²) >= 11 is 0. The first-order valence-electron chi connectivity index (χ1n) is 9.44. The molecule has 1 heterocycles. The third-order valence-electron chi connectivity index (χ3n) is 4.12. The number of anilines is 1. The van der Waals surface area contributed by atoms with Gasteiger partial charge in [-0.2, -0.15) is 0 Å². The monoisotopic (exact) mass is 419 g/mol. The molecule has 0 saturated heterocycles. The SMILES string of the molecule is CNC(=O)c1cccc(NC(=O)COC(=O)/C=C/c2cn(Cc3ccccc3)nn2)c1. The predicted molar refractivity (Wildman–Crippen MR) is 114 cm³/mol. The summed E-state index contributed by atoms with van der Waals surface area (Å²) in [6, 6.07) is 16.2. The van der Waals surface area contributed by atoms with Crippen molar-refractivity contribution in [3.05, 3.63) is 83.7 Å². The predicted octanol–water partition coefficient (Wildman–Crippen LogP) is 1.88. The Morgan fingerprint density at radius 3 is 2.68 bits per heavy atom. The van der Waals surface area contributed by atoms with E-state index in [0.29, 0.717) is 23.5 Å². The molecular weight excluding hydrogens is 398 g/mol. The molecule has 1 aromatic heterocycles. The van der Waals surface area contributed by atoms with Crippen LogP contribution in [-0.4, -0.2) is 46.4 Å². The summed E-state index contributed by atoms with van der Waals surface area (Å²) in [6.45, 7) is 0.0987. The molecule has 0 bridgehead atoms. The maximum absolute atomic E-state index is 12.0. The van der Waals surface area contributed by atoms with E-state index < -0.39 is 18.5 Å². The number of ether oxygens (including phenoxy) is 1. The van der Waals surface area contributed by atoms with Crippen LogP contribution in [0.2, 0.25) is 0 Å². The van der Waals surface area contributed by atoms with Gasteiger partial charge in [0.2, 0.25) is 0 Å². The zero-order valence-electron chi connectivity index (χ0n) is 16.8. The van der Waals surface area contributed by atoms with Crippen molar-refractivity contribution >= 4 is 29.5 Å². The lowest BCUT2D eigenvalue weighted by Crippen LogP contribution is -2.21. The summed E-state index contributed by atoms with van der Waals surface area (Å²) in [4.78, 5) is 35.5. The van der Waals surface area contributed by atoms with Gasteiger partial charge >= 0.3 is 5.97 Å². The molecule has 9 heteroatoms. The van der Waals surface area contributed by atoms with Gasteiger partial charge in [-0.25, -0.2) is 9.48 Å². The van der Waals surface area contributed by atoms with Crippen LogP contribution in [0.5, 0.6) is 0 Å². The number of nitrogens with zero attached hydrogens (tertiary/aromatic N) is 3. The number of aromatic nitrogens is 3. The molecule has 2 N–H and O–H groups in total. The van der Waals surface area contributed by atoms with Gasteiger partial charge in [-0.15, -0.1) is 5.10 Å². The minimum atomic E-state index is -0.688. The fourth-order valence-corrected chi connectivity index (χ4v) is 2.66. The van der Waals surface area contributed by atoms with Crippen molar-refractivity contribution in [3.8, 4) is 0 Å². The minimum absolute atomic E-state index is 0.270. The molecule has 2 amide bonds. The van der Waals surface area contributed by atoms with E-state index in [0.717, 1.165) is 5.56 Å². The second-order valence-electron chi connectivity index (χ2n) is 6.48. The molecule has 0 fully saturated rings. The van der Waals surface area contributed by atoms with Crippen LogP contribution in [0.25, 0.3) is 6.08 Å². The second kappa shape index (κ2) is 10.5. The molecule has 0 unspecified atom stereocenters. The fraction of sp³-hybridized carbons (Fsp3) is 0.136. The van der Waals surface area contributed by atoms with Crippen LogP contribution in [0.4, 0.5) is 5.69 Å². The van der Waals surface area contributed by atoms with Gasteiger partial charge in [0, 0.05) is 24.4 Å². The van der Waals surface area contributed by atoms with Crippen molar-refractivity contribution < 1.29 is 19.1 Å². The minimum Gasteiger partial charge on any atom is -0.452 e. The van der Waals surface area contributed by atoms with Gasteiger partial charge in [0.15, 0.2) is 6.61 Å². The average molecular weight is 419 g/mol. The van der Waals surface area contributed by atoms with Crippen LogP contribution in [-0.2, 0) is 20.9 Å². The van der Waals surface area contributed by atoms with E-state index in [1.165, 1.54) is 25.3 Å². The molecule has 0 atom stereocenters. The van der Waals surface area contributed by atoms with Crippen molar-refractivity contribution in [3.63, 3.8) is 0 Å².